The van der Waals surface area contributed by atoms with Crippen molar-refractivity contribution in [2.24, 2.45) is 5.92 Å². The molecule has 1 aliphatic heterocycles. The van der Waals surface area contributed by atoms with Gasteiger partial charge in [0.05, 0.1) is 13.7 Å². The Labute approximate surface area is 223 Å². The summed E-state index contributed by atoms with van der Waals surface area (Å²) in [4.78, 5) is 14.1. The van der Waals surface area contributed by atoms with E-state index in [4.69, 9.17) is 9.47 Å². The van der Waals surface area contributed by atoms with Crippen molar-refractivity contribution < 1.29 is 23.0 Å². The van der Waals surface area contributed by atoms with Crippen molar-refractivity contribution in [1.82, 2.24) is 10.2 Å². The predicted octanol–water partition coefficient (Wildman–Crippen LogP) is 6.19. The van der Waals surface area contributed by atoms with Crippen LogP contribution in [-0.4, -0.2) is 44.0 Å². The van der Waals surface area contributed by atoms with Crippen LogP contribution in [0.25, 0.3) is 0 Å². The number of nitrogens with zero attached hydrogens (tertiary/aromatic N) is 1. The molecule has 0 amide bonds. The van der Waals surface area contributed by atoms with Crippen molar-refractivity contribution in [3.8, 4) is 11.5 Å². The molecule has 3 aromatic carbocycles. The minimum absolute atomic E-state index is 0.00873. The summed E-state index contributed by atoms with van der Waals surface area (Å²) >= 11 is 0. The molecule has 202 valence electrons. The Morgan fingerprint density at radius 2 is 1.63 bits per heavy atom. The molecule has 1 unspecified atom stereocenters. The maximum Gasteiger partial charge on any atom is 0.161 e. The molecule has 4 rings (SSSR count). The summed E-state index contributed by atoms with van der Waals surface area (Å²) in [5.74, 6) is 1.13. The predicted molar refractivity (Wildman–Crippen MR) is 145 cm³/mol. The third-order valence-corrected chi connectivity index (χ3v) is 7.22. The van der Waals surface area contributed by atoms with Crippen LogP contribution in [0, 0.1) is 17.6 Å². The van der Waals surface area contributed by atoms with Gasteiger partial charge >= 0.3 is 0 Å². The maximum atomic E-state index is 13.6. The van der Waals surface area contributed by atoms with E-state index in [-0.39, 0.29) is 23.5 Å². The molecule has 38 heavy (non-hydrogen) atoms. The first kappa shape index (κ1) is 27.7. The lowest BCUT2D eigenvalue weighted by molar-refractivity contribution is 0.101. The number of methoxy groups -OCH3 is 1. The van der Waals surface area contributed by atoms with Crippen LogP contribution in [0.3, 0.4) is 0 Å². The normalized spacial score (nSPS) is 15.3. The molecule has 0 spiro atoms. The number of hydrogen-bond donors (Lipinski definition) is 1. The van der Waals surface area contributed by atoms with Crippen LogP contribution in [-0.2, 0) is 6.54 Å². The third kappa shape index (κ3) is 7.62. The van der Waals surface area contributed by atoms with Crippen LogP contribution >= 0.6 is 0 Å². The summed E-state index contributed by atoms with van der Waals surface area (Å²) in [5, 5.41) is 3.65. The Bertz CT molecular complexity index is 1180. The van der Waals surface area contributed by atoms with Gasteiger partial charge in [-0.1, -0.05) is 24.3 Å². The van der Waals surface area contributed by atoms with E-state index in [1.807, 2.05) is 12.1 Å². The fraction of sp³-hybridized carbons (Fsp3) is 0.387. The van der Waals surface area contributed by atoms with Crippen LogP contribution in [0.4, 0.5) is 8.78 Å². The highest BCUT2D eigenvalue weighted by Gasteiger charge is 2.27. The lowest BCUT2D eigenvalue weighted by atomic mass is 9.85. The molecule has 0 aliphatic carbocycles. The SMILES string of the molecule is COc1cc(C(C)=O)ccc1OCCCN1CCC(C(NCc2ccc(F)cc2)c2ccc(F)cc2)CC1. The van der Waals surface area contributed by atoms with Gasteiger partial charge in [-0.3, -0.25) is 4.79 Å². The Hall–Kier alpha value is -3.29. The number of ether oxygens (including phenoxy) is 2. The first-order valence-corrected chi connectivity index (χ1v) is 13.2. The first-order chi connectivity index (χ1) is 18.4. The van der Waals surface area contributed by atoms with Gasteiger partial charge in [0.1, 0.15) is 11.6 Å². The van der Waals surface area contributed by atoms with Crippen molar-refractivity contribution in [1.29, 1.82) is 0 Å². The van der Waals surface area contributed by atoms with Crippen molar-refractivity contribution >= 4 is 5.78 Å². The maximum absolute atomic E-state index is 13.6. The van der Waals surface area contributed by atoms with E-state index in [0.29, 0.717) is 36.1 Å². The molecule has 3 aromatic rings. The van der Waals surface area contributed by atoms with E-state index >= 15 is 0 Å². The van der Waals surface area contributed by atoms with Gasteiger partial charge in [0, 0.05) is 24.7 Å². The summed E-state index contributed by atoms with van der Waals surface area (Å²) in [6.45, 7) is 5.62. The number of Topliss-reactive ketones (excluding diaryl/α,β-unsaturated/α-hetero) is 1. The minimum Gasteiger partial charge on any atom is -0.493 e. The Morgan fingerprint density at radius 1 is 0.974 bits per heavy atom. The molecule has 1 heterocycles. The zero-order chi connectivity index (χ0) is 26.9. The summed E-state index contributed by atoms with van der Waals surface area (Å²) in [5.41, 5.74) is 2.69. The van der Waals surface area contributed by atoms with Gasteiger partial charge in [-0.2, -0.15) is 0 Å². The van der Waals surface area contributed by atoms with Crippen LogP contribution in [0.5, 0.6) is 11.5 Å². The van der Waals surface area contributed by atoms with E-state index < -0.39 is 0 Å². The van der Waals surface area contributed by atoms with Crippen molar-refractivity contribution in [2.45, 2.75) is 38.8 Å². The molecule has 0 aromatic heterocycles. The summed E-state index contributed by atoms with van der Waals surface area (Å²) < 4.78 is 38.2. The second-order valence-corrected chi connectivity index (χ2v) is 9.84. The number of carbonyl (C=O) groups excluding carboxylic acids is 1. The number of halogens is 2. The lowest BCUT2D eigenvalue weighted by Gasteiger charge is -2.37. The average Bonchev–Trinajstić information content (AvgIpc) is 2.93. The first-order valence-electron chi connectivity index (χ1n) is 13.2. The third-order valence-electron chi connectivity index (χ3n) is 7.22. The van der Waals surface area contributed by atoms with E-state index in [2.05, 4.69) is 10.2 Å². The topological polar surface area (TPSA) is 50.8 Å². The van der Waals surface area contributed by atoms with Gasteiger partial charge in [0.2, 0.25) is 0 Å². The summed E-state index contributed by atoms with van der Waals surface area (Å²) in [6, 6.07) is 18.6. The van der Waals surface area contributed by atoms with Crippen LogP contribution in [0.1, 0.15) is 53.7 Å². The molecule has 1 aliphatic rings. The fourth-order valence-corrected chi connectivity index (χ4v) is 5.04. The molecule has 1 saturated heterocycles. The van der Waals surface area contributed by atoms with Crippen LogP contribution in [0.2, 0.25) is 0 Å². The minimum atomic E-state index is -0.244. The molecular formula is C31H36F2N2O3. The Morgan fingerprint density at radius 3 is 2.26 bits per heavy atom. The number of likely N-dealkylation sites (tertiary alicyclic amines) is 1. The molecule has 0 bridgehead atoms. The van der Waals surface area contributed by atoms with Gasteiger partial charge in [-0.25, -0.2) is 8.78 Å². The molecular weight excluding hydrogens is 486 g/mol. The van der Waals surface area contributed by atoms with Gasteiger partial charge in [0.25, 0.3) is 0 Å². The second-order valence-electron chi connectivity index (χ2n) is 9.84. The fourth-order valence-electron chi connectivity index (χ4n) is 5.04. The molecule has 1 fully saturated rings. The molecule has 7 heteroatoms. The number of rotatable bonds is 12. The number of nitrogens with one attached hydrogen (secondary N) is 1. The number of carbonyl (C=O) groups is 1. The van der Waals surface area contributed by atoms with Crippen molar-refractivity contribution in [2.75, 3.05) is 33.4 Å². The zero-order valence-corrected chi connectivity index (χ0v) is 22.1. The van der Waals surface area contributed by atoms with Gasteiger partial charge < -0.3 is 19.7 Å². The highest BCUT2D eigenvalue weighted by Crippen LogP contribution is 2.32. The van der Waals surface area contributed by atoms with Crippen LogP contribution in [0.15, 0.2) is 66.7 Å². The van der Waals surface area contributed by atoms with E-state index in [1.165, 1.54) is 31.2 Å². The van der Waals surface area contributed by atoms with Crippen molar-refractivity contribution in [3.63, 3.8) is 0 Å². The number of hydrogen-bond acceptors (Lipinski definition) is 5. The van der Waals surface area contributed by atoms with E-state index in [0.717, 1.165) is 50.0 Å². The van der Waals surface area contributed by atoms with Gasteiger partial charge in [-0.05, 0) is 98.8 Å². The molecule has 1 atom stereocenters. The lowest BCUT2D eigenvalue weighted by Crippen LogP contribution is -2.39. The standard InChI is InChI=1S/C31H36F2N2O3/c1-22(36)26-8-13-29(30(20-26)37-2)38-19-3-16-35-17-14-25(15-18-35)31(24-6-11-28(33)12-7-24)34-21-23-4-9-27(32)10-5-23/h4-13,20,25,31,34H,3,14-19,21H2,1-2H3. The van der Waals surface area contributed by atoms with Gasteiger partial charge in [0.15, 0.2) is 17.3 Å². The molecule has 0 saturated carbocycles. The zero-order valence-electron chi connectivity index (χ0n) is 22.1. The van der Waals surface area contributed by atoms with E-state index in [9.17, 15) is 13.6 Å². The molecule has 1 N–H and O–H groups in total. The highest BCUT2D eigenvalue weighted by atomic mass is 19.1. The van der Waals surface area contributed by atoms with Crippen LogP contribution < -0.4 is 14.8 Å². The second kappa shape index (κ2) is 13.5. The quantitative estimate of drug-likeness (QED) is 0.227. The van der Waals surface area contributed by atoms with Gasteiger partial charge in [-0.15, -0.1) is 0 Å². The van der Waals surface area contributed by atoms with E-state index in [1.54, 1.807) is 37.4 Å². The largest absolute Gasteiger partial charge is 0.493 e. The monoisotopic (exact) mass is 522 g/mol. The Kier molecular flexibility index (Phi) is 9.85. The summed E-state index contributed by atoms with van der Waals surface area (Å²) in [6.07, 6.45) is 2.94. The summed E-state index contributed by atoms with van der Waals surface area (Å²) in [7, 11) is 1.57. The molecule has 5 nitrogen and oxygen atoms in total. The van der Waals surface area contributed by atoms with Crippen molar-refractivity contribution in [3.05, 3.63) is 95.1 Å². The smallest absolute Gasteiger partial charge is 0.161 e. The average molecular weight is 523 g/mol. The Balaban J connectivity index is 1.27. The highest BCUT2D eigenvalue weighted by molar-refractivity contribution is 5.94. The number of benzene rings is 3. The number of ketones is 1. The number of piperidine rings is 1. The molecule has 0 radical (unpaired) electrons.